The van der Waals surface area contributed by atoms with Crippen LogP contribution in [0.1, 0.15) is 37.0 Å². The van der Waals surface area contributed by atoms with E-state index in [0.717, 1.165) is 23.3 Å². The molecule has 0 N–H and O–H groups in total. The van der Waals surface area contributed by atoms with Gasteiger partial charge in [0, 0.05) is 30.7 Å². The van der Waals surface area contributed by atoms with Gasteiger partial charge in [0.25, 0.3) is 5.69 Å². The molecule has 158 valence electrons. The molecule has 0 fully saturated rings. The lowest BCUT2D eigenvalue weighted by Crippen LogP contribution is -2.28. The molecular weight excluding hydrogens is 402 g/mol. The second-order valence-corrected chi connectivity index (χ2v) is 9.77. The lowest BCUT2D eigenvalue weighted by molar-refractivity contribution is -0.384. The van der Waals surface area contributed by atoms with Gasteiger partial charge in [-0.05, 0) is 62.6 Å². The van der Waals surface area contributed by atoms with E-state index in [-0.39, 0.29) is 23.2 Å². The number of ether oxygens (including phenoxy) is 2. The second kappa shape index (κ2) is 8.92. The van der Waals surface area contributed by atoms with Crippen LogP contribution in [0, 0.1) is 24.0 Å². The topological polar surface area (TPSA) is 78.7 Å². The van der Waals surface area contributed by atoms with Crippen molar-refractivity contribution in [3.63, 3.8) is 0 Å². The molecule has 6 nitrogen and oxygen atoms in total. The molecule has 0 aliphatic carbocycles. The SMILES string of the molecule is Cc1cc([S+]2C=CCC2)cc(C)c1OCC(=O)OC(C)(C)c1ccc([N+](=O)[O-])cc1. The highest BCUT2D eigenvalue weighted by molar-refractivity contribution is 7.99. The van der Waals surface area contributed by atoms with E-state index in [1.165, 1.54) is 17.0 Å². The number of nitrogens with zero attached hydrogens (tertiary/aromatic N) is 1. The van der Waals surface area contributed by atoms with Crippen LogP contribution in [0.2, 0.25) is 0 Å². The van der Waals surface area contributed by atoms with Crippen molar-refractivity contribution in [2.45, 2.75) is 44.6 Å². The number of carbonyl (C=O) groups is 1. The Morgan fingerprint density at radius 1 is 1.17 bits per heavy atom. The van der Waals surface area contributed by atoms with Crippen molar-refractivity contribution in [2.24, 2.45) is 0 Å². The Labute approximate surface area is 179 Å². The summed E-state index contributed by atoms with van der Waals surface area (Å²) in [5.74, 6) is 1.36. The minimum absolute atomic E-state index is 0.00712. The molecule has 0 saturated heterocycles. The largest absolute Gasteiger partial charge is 0.481 e. The van der Waals surface area contributed by atoms with E-state index in [4.69, 9.17) is 9.47 Å². The molecule has 3 rings (SSSR count). The van der Waals surface area contributed by atoms with Crippen LogP contribution in [0.5, 0.6) is 5.75 Å². The van der Waals surface area contributed by atoms with Crippen LogP contribution in [0.25, 0.3) is 0 Å². The third-order valence-corrected chi connectivity index (χ3v) is 7.02. The van der Waals surface area contributed by atoms with E-state index in [2.05, 4.69) is 23.6 Å². The summed E-state index contributed by atoms with van der Waals surface area (Å²) in [7, 11) is 0.159. The fourth-order valence-electron chi connectivity index (χ4n) is 3.42. The van der Waals surface area contributed by atoms with Gasteiger partial charge < -0.3 is 9.47 Å². The van der Waals surface area contributed by atoms with Crippen LogP contribution < -0.4 is 4.74 Å². The molecule has 2 aromatic carbocycles. The molecular formula is C23H26NO5S+. The fraction of sp³-hybridized carbons (Fsp3) is 0.348. The Balaban J connectivity index is 1.63. The molecule has 1 aliphatic heterocycles. The smallest absolute Gasteiger partial charge is 0.345 e. The first-order valence-electron chi connectivity index (χ1n) is 9.74. The van der Waals surface area contributed by atoms with Crippen LogP contribution in [0.15, 0.2) is 52.8 Å². The van der Waals surface area contributed by atoms with E-state index < -0.39 is 16.5 Å². The number of non-ortho nitro benzene ring substituents is 1. The van der Waals surface area contributed by atoms with E-state index in [0.29, 0.717) is 11.3 Å². The first-order valence-corrected chi connectivity index (χ1v) is 11.2. The molecule has 1 aliphatic rings. The number of nitro groups is 1. The summed E-state index contributed by atoms with van der Waals surface area (Å²) in [6, 6.07) is 10.3. The summed E-state index contributed by atoms with van der Waals surface area (Å²) in [6.07, 6.45) is 3.34. The maximum atomic E-state index is 12.4. The molecule has 0 bridgehead atoms. The number of esters is 1. The Kier molecular flexibility index (Phi) is 6.51. The maximum Gasteiger partial charge on any atom is 0.345 e. The van der Waals surface area contributed by atoms with Gasteiger partial charge in [0.1, 0.15) is 22.5 Å². The molecule has 7 heteroatoms. The lowest BCUT2D eigenvalue weighted by Gasteiger charge is -2.25. The number of aryl methyl sites for hydroxylation is 2. The maximum absolute atomic E-state index is 12.4. The Morgan fingerprint density at radius 2 is 1.80 bits per heavy atom. The van der Waals surface area contributed by atoms with Gasteiger partial charge in [0.05, 0.1) is 15.8 Å². The third-order valence-electron chi connectivity index (χ3n) is 4.98. The van der Waals surface area contributed by atoms with Gasteiger partial charge in [0.2, 0.25) is 0 Å². The van der Waals surface area contributed by atoms with Gasteiger partial charge in [-0.3, -0.25) is 10.1 Å². The normalized spacial score (nSPS) is 15.8. The van der Waals surface area contributed by atoms with Crippen LogP contribution in [-0.2, 0) is 26.0 Å². The summed E-state index contributed by atoms with van der Waals surface area (Å²) >= 11 is 0. The lowest BCUT2D eigenvalue weighted by atomic mass is 9.98. The van der Waals surface area contributed by atoms with Crippen molar-refractivity contribution < 1.29 is 19.2 Å². The van der Waals surface area contributed by atoms with Crippen molar-refractivity contribution in [1.82, 2.24) is 0 Å². The van der Waals surface area contributed by atoms with Crippen LogP contribution >= 0.6 is 0 Å². The Bertz CT molecular complexity index is 959. The molecule has 0 aromatic heterocycles. The molecule has 0 spiro atoms. The van der Waals surface area contributed by atoms with Crippen molar-refractivity contribution >= 4 is 22.6 Å². The molecule has 30 heavy (non-hydrogen) atoms. The minimum Gasteiger partial charge on any atom is -0.481 e. The fourth-order valence-corrected chi connectivity index (χ4v) is 5.37. The highest BCUT2D eigenvalue weighted by Crippen LogP contribution is 2.31. The second-order valence-electron chi connectivity index (χ2n) is 7.76. The standard InChI is InChI=1S/C23H26NO5S/c1-16-13-20(30-11-5-6-12-30)14-17(2)22(16)28-15-21(25)29-23(3,4)18-7-9-19(10-8-18)24(26)27/h5,7-11,13-14H,6,12,15H2,1-4H3/q+1. The van der Waals surface area contributed by atoms with E-state index in [9.17, 15) is 14.9 Å². The zero-order valence-corrected chi connectivity index (χ0v) is 18.5. The highest BCUT2D eigenvalue weighted by atomic mass is 32.2. The number of hydrogen-bond donors (Lipinski definition) is 0. The number of hydrogen-bond acceptors (Lipinski definition) is 5. The Hall–Kier alpha value is -2.80. The summed E-state index contributed by atoms with van der Waals surface area (Å²) in [4.78, 5) is 24.1. The van der Waals surface area contributed by atoms with Gasteiger partial charge in [-0.15, -0.1) is 0 Å². The monoisotopic (exact) mass is 428 g/mol. The summed E-state index contributed by atoms with van der Waals surface area (Å²) in [5.41, 5.74) is 1.73. The van der Waals surface area contributed by atoms with E-state index in [1.807, 2.05) is 13.8 Å². The van der Waals surface area contributed by atoms with Crippen molar-refractivity contribution in [1.29, 1.82) is 0 Å². The molecule has 1 atom stereocenters. The number of nitro benzene ring substituents is 1. The Morgan fingerprint density at radius 3 is 2.33 bits per heavy atom. The van der Waals surface area contributed by atoms with Gasteiger partial charge >= 0.3 is 5.97 Å². The van der Waals surface area contributed by atoms with Crippen LogP contribution in [0.3, 0.4) is 0 Å². The molecule has 0 saturated carbocycles. The predicted octanol–water partition coefficient (Wildman–Crippen LogP) is 4.96. The molecule has 0 radical (unpaired) electrons. The number of carbonyl (C=O) groups excluding carboxylic acids is 1. The van der Waals surface area contributed by atoms with Crippen LogP contribution in [-0.4, -0.2) is 23.3 Å². The van der Waals surface area contributed by atoms with Gasteiger partial charge in [-0.2, -0.15) is 0 Å². The zero-order valence-electron chi connectivity index (χ0n) is 17.6. The zero-order chi connectivity index (χ0) is 21.9. The average Bonchev–Trinajstić information content (AvgIpc) is 3.21. The predicted molar refractivity (Wildman–Crippen MR) is 118 cm³/mol. The number of allylic oxidation sites excluding steroid dienone is 1. The first-order chi connectivity index (χ1) is 14.2. The van der Waals surface area contributed by atoms with Gasteiger partial charge in [-0.25, -0.2) is 4.79 Å². The molecule has 1 unspecified atom stereocenters. The van der Waals surface area contributed by atoms with Crippen molar-refractivity contribution in [3.05, 3.63) is 74.7 Å². The van der Waals surface area contributed by atoms with E-state index >= 15 is 0 Å². The minimum atomic E-state index is -0.931. The van der Waals surface area contributed by atoms with Crippen molar-refractivity contribution in [2.75, 3.05) is 12.4 Å². The van der Waals surface area contributed by atoms with Crippen LogP contribution in [0.4, 0.5) is 5.69 Å². The molecule has 0 amide bonds. The summed E-state index contributed by atoms with van der Waals surface area (Å²) in [6.45, 7) is 7.26. The van der Waals surface area contributed by atoms with Crippen molar-refractivity contribution in [3.8, 4) is 5.75 Å². The van der Waals surface area contributed by atoms with Gasteiger partial charge in [-0.1, -0.05) is 0 Å². The number of rotatable bonds is 7. The van der Waals surface area contributed by atoms with Gasteiger partial charge in [0.15, 0.2) is 11.5 Å². The third kappa shape index (κ3) is 5.02. The number of benzene rings is 2. The summed E-state index contributed by atoms with van der Waals surface area (Å²) in [5, 5.41) is 13.1. The summed E-state index contributed by atoms with van der Waals surface area (Å²) < 4.78 is 11.4. The van der Waals surface area contributed by atoms with E-state index in [1.54, 1.807) is 26.0 Å². The average molecular weight is 429 g/mol. The molecule has 2 aromatic rings. The quantitative estimate of drug-likeness (QED) is 0.269. The molecule has 1 heterocycles. The highest BCUT2D eigenvalue weighted by Gasteiger charge is 2.27. The first kappa shape index (κ1) is 21.9.